The number of imidazole rings is 1. The van der Waals surface area contributed by atoms with Gasteiger partial charge in [0.1, 0.15) is 0 Å². The van der Waals surface area contributed by atoms with E-state index in [-0.39, 0.29) is 17.9 Å². The van der Waals surface area contributed by atoms with Gasteiger partial charge in [-0.1, -0.05) is 13.8 Å². The number of hydrogen-bond acceptors (Lipinski definition) is 3. The first-order valence-electron chi connectivity index (χ1n) is 7.08. The van der Waals surface area contributed by atoms with Gasteiger partial charge in [-0.3, -0.25) is 4.79 Å². The van der Waals surface area contributed by atoms with E-state index in [9.17, 15) is 9.59 Å². The lowest BCUT2D eigenvalue weighted by Crippen LogP contribution is -2.38. The van der Waals surface area contributed by atoms with Crippen LogP contribution in [0.3, 0.4) is 0 Å². The molecule has 7 nitrogen and oxygen atoms in total. The van der Waals surface area contributed by atoms with E-state index in [1.807, 2.05) is 24.6 Å². The van der Waals surface area contributed by atoms with Crippen molar-refractivity contribution < 1.29 is 14.7 Å². The van der Waals surface area contributed by atoms with Gasteiger partial charge in [-0.25, -0.2) is 9.78 Å². The standard InChI is InChI=1S/C14H24N4O3/c1-14(2,4-3-12(19)20)5-6-16-13(21)17-8-10-18-9-7-15-11-18/h7,9,11H,3-6,8,10H2,1-2H3,(H,19,20)(H2,16,17,21). The monoisotopic (exact) mass is 296 g/mol. The molecule has 118 valence electrons. The van der Waals surface area contributed by atoms with Gasteiger partial charge >= 0.3 is 12.0 Å². The molecule has 7 heteroatoms. The van der Waals surface area contributed by atoms with Crippen LogP contribution in [-0.2, 0) is 11.3 Å². The average molecular weight is 296 g/mol. The zero-order valence-electron chi connectivity index (χ0n) is 12.6. The molecule has 1 aromatic rings. The van der Waals surface area contributed by atoms with Crippen molar-refractivity contribution in [3.05, 3.63) is 18.7 Å². The van der Waals surface area contributed by atoms with E-state index in [4.69, 9.17) is 5.11 Å². The van der Waals surface area contributed by atoms with Crippen LogP contribution in [0, 0.1) is 5.41 Å². The van der Waals surface area contributed by atoms with Gasteiger partial charge < -0.3 is 20.3 Å². The zero-order chi connectivity index (χ0) is 15.7. The molecule has 0 spiro atoms. The maximum absolute atomic E-state index is 11.6. The molecule has 0 aromatic carbocycles. The van der Waals surface area contributed by atoms with Crippen molar-refractivity contribution in [2.24, 2.45) is 5.41 Å². The van der Waals surface area contributed by atoms with E-state index in [1.165, 1.54) is 0 Å². The van der Waals surface area contributed by atoms with Crippen molar-refractivity contribution in [1.82, 2.24) is 20.2 Å². The number of carbonyl (C=O) groups is 2. The lowest BCUT2D eigenvalue weighted by Gasteiger charge is -2.23. The number of aliphatic carboxylic acids is 1. The van der Waals surface area contributed by atoms with Crippen LogP contribution in [-0.4, -0.2) is 39.7 Å². The third-order valence-electron chi connectivity index (χ3n) is 3.32. The number of carboxylic acids is 1. The normalized spacial score (nSPS) is 11.1. The summed E-state index contributed by atoms with van der Waals surface area (Å²) in [5.41, 5.74) is -0.0948. The van der Waals surface area contributed by atoms with Crippen LogP contribution in [0.1, 0.15) is 33.1 Å². The third kappa shape index (κ3) is 7.96. The summed E-state index contributed by atoms with van der Waals surface area (Å²) in [6.45, 7) is 5.76. The van der Waals surface area contributed by atoms with Crippen LogP contribution in [0.2, 0.25) is 0 Å². The molecule has 0 atom stereocenters. The van der Waals surface area contributed by atoms with Gasteiger partial charge in [0.15, 0.2) is 0 Å². The number of urea groups is 1. The van der Waals surface area contributed by atoms with Crippen molar-refractivity contribution in [1.29, 1.82) is 0 Å². The summed E-state index contributed by atoms with van der Waals surface area (Å²) in [4.78, 5) is 26.1. The fraction of sp³-hybridized carbons (Fsp3) is 0.643. The van der Waals surface area contributed by atoms with Crippen LogP contribution < -0.4 is 10.6 Å². The minimum absolute atomic E-state index is 0.0948. The van der Waals surface area contributed by atoms with Crippen LogP contribution in [0.15, 0.2) is 18.7 Å². The Morgan fingerprint density at radius 1 is 1.24 bits per heavy atom. The summed E-state index contributed by atoms with van der Waals surface area (Å²) in [5.74, 6) is -0.784. The van der Waals surface area contributed by atoms with Crippen LogP contribution in [0.4, 0.5) is 4.79 Å². The number of aromatic nitrogens is 2. The number of hydrogen-bond donors (Lipinski definition) is 3. The zero-order valence-corrected chi connectivity index (χ0v) is 12.6. The number of carbonyl (C=O) groups excluding carboxylic acids is 1. The Hall–Kier alpha value is -2.05. The second-order valence-electron chi connectivity index (χ2n) is 5.79. The second-order valence-corrected chi connectivity index (χ2v) is 5.79. The molecule has 0 unspecified atom stereocenters. The molecule has 1 rings (SSSR count). The number of amides is 2. The lowest BCUT2D eigenvalue weighted by molar-refractivity contribution is -0.137. The van der Waals surface area contributed by atoms with E-state index in [0.29, 0.717) is 26.1 Å². The molecule has 3 N–H and O–H groups in total. The van der Waals surface area contributed by atoms with Gasteiger partial charge in [0.05, 0.1) is 6.33 Å². The van der Waals surface area contributed by atoms with Crippen molar-refractivity contribution in [2.75, 3.05) is 13.1 Å². The summed E-state index contributed by atoms with van der Waals surface area (Å²) in [6.07, 6.45) is 6.74. The predicted octanol–water partition coefficient (Wildman–Crippen LogP) is 1.46. The smallest absolute Gasteiger partial charge is 0.314 e. The van der Waals surface area contributed by atoms with E-state index in [2.05, 4.69) is 15.6 Å². The van der Waals surface area contributed by atoms with Crippen molar-refractivity contribution in [3.63, 3.8) is 0 Å². The summed E-state index contributed by atoms with van der Waals surface area (Å²) in [6, 6.07) is -0.204. The van der Waals surface area contributed by atoms with E-state index in [1.54, 1.807) is 12.5 Å². The molecule has 1 aromatic heterocycles. The lowest BCUT2D eigenvalue weighted by atomic mass is 9.84. The molecule has 0 aliphatic heterocycles. The van der Waals surface area contributed by atoms with Gasteiger partial charge in [-0.05, 0) is 18.3 Å². The van der Waals surface area contributed by atoms with Crippen LogP contribution in [0.5, 0.6) is 0 Å². The molecular weight excluding hydrogens is 272 g/mol. The van der Waals surface area contributed by atoms with Crippen LogP contribution >= 0.6 is 0 Å². The number of carboxylic acid groups (broad SMARTS) is 1. The van der Waals surface area contributed by atoms with E-state index < -0.39 is 5.97 Å². The number of nitrogens with one attached hydrogen (secondary N) is 2. The first-order chi connectivity index (χ1) is 9.89. The molecule has 0 saturated heterocycles. The largest absolute Gasteiger partial charge is 0.481 e. The minimum Gasteiger partial charge on any atom is -0.481 e. The summed E-state index contributed by atoms with van der Waals surface area (Å²) in [5, 5.41) is 14.2. The Labute approximate surface area is 124 Å². The third-order valence-corrected chi connectivity index (χ3v) is 3.32. The molecule has 21 heavy (non-hydrogen) atoms. The fourth-order valence-corrected chi connectivity index (χ4v) is 1.86. The molecule has 0 saturated carbocycles. The molecule has 2 amide bonds. The Morgan fingerprint density at radius 3 is 2.57 bits per heavy atom. The van der Waals surface area contributed by atoms with Crippen molar-refractivity contribution >= 4 is 12.0 Å². The molecule has 0 fully saturated rings. The Morgan fingerprint density at radius 2 is 1.95 bits per heavy atom. The molecule has 0 bridgehead atoms. The summed E-state index contributed by atoms with van der Waals surface area (Å²) in [7, 11) is 0. The highest BCUT2D eigenvalue weighted by Gasteiger charge is 2.19. The van der Waals surface area contributed by atoms with Gasteiger partial charge in [0.25, 0.3) is 0 Å². The molecule has 1 heterocycles. The minimum atomic E-state index is -0.784. The Kier molecular flexibility index (Phi) is 6.71. The average Bonchev–Trinajstić information content (AvgIpc) is 2.89. The molecule has 0 radical (unpaired) electrons. The van der Waals surface area contributed by atoms with Gasteiger partial charge in [-0.15, -0.1) is 0 Å². The van der Waals surface area contributed by atoms with E-state index in [0.717, 1.165) is 6.42 Å². The molecule has 0 aliphatic carbocycles. The highest BCUT2D eigenvalue weighted by molar-refractivity contribution is 5.73. The molecular formula is C14H24N4O3. The first kappa shape index (κ1) is 17.0. The fourth-order valence-electron chi connectivity index (χ4n) is 1.86. The summed E-state index contributed by atoms with van der Waals surface area (Å²) < 4.78 is 1.88. The Bertz CT molecular complexity index is 443. The van der Waals surface area contributed by atoms with Crippen molar-refractivity contribution in [2.45, 2.75) is 39.7 Å². The highest BCUT2D eigenvalue weighted by Crippen LogP contribution is 2.25. The highest BCUT2D eigenvalue weighted by atomic mass is 16.4. The Balaban J connectivity index is 2.10. The second kappa shape index (κ2) is 8.28. The van der Waals surface area contributed by atoms with Crippen LogP contribution in [0.25, 0.3) is 0 Å². The van der Waals surface area contributed by atoms with Gasteiger partial charge in [0.2, 0.25) is 0 Å². The van der Waals surface area contributed by atoms with Gasteiger partial charge in [-0.2, -0.15) is 0 Å². The van der Waals surface area contributed by atoms with E-state index >= 15 is 0 Å². The topological polar surface area (TPSA) is 96.3 Å². The molecule has 0 aliphatic rings. The summed E-state index contributed by atoms with van der Waals surface area (Å²) >= 11 is 0. The maximum Gasteiger partial charge on any atom is 0.314 e. The van der Waals surface area contributed by atoms with Crippen molar-refractivity contribution in [3.8, 4) is 0 Å². The number of nitrogens with zero attached hydrogens (tertiary/aromatic N) is 2. The quantitative estimate of drug-likeness (QED) is 0.643. The SMILES string of the molecule is CC(C)(CCNC(=O)NCCn1ccnc1)CCC(=O)O. The number of rotatable bonds is 9. The maximum atomic E-state index is 11.6. The first-order valence-corrected chi connectivity index (χ1v) is 7.08. The van der Waals surface area contributed by atoms with Gasteiger partial charge in [0, 0.05) is 38.4 Å². The predicted molar refractivity (Wildman–Crippen MR) is 78.9 cm³/mol.